The van der Waals surface area contributed by atoms with E-state index in [-0.39, 0.29) is 12.5 Å². The van der Waals surface area contributed by atoms with Gasteiger partial charge in [0.1, 0.15) is 12.1 Å². The number of nitrogens with zero attached hydrogens (tertiary/aromatic N) is 1. The number of aliphatic hydroxyl groups excluding tert-OH is 1. The second kappa shape index (κ2) is 10.0. The SMILES string of the molecule is CC1(C)SCN(C(=O)[C@@H](O)[C@@H](N)Cc2ccccc2)[C@@H]1C(=O)NCc1ccccc1Cl. The molecule has 1 aliphatic heterocycles. The van der Waals surface area contributed by atoms with E-state index in [4.69, 9.17) is 17.3 Å². The zero-order valence-electron chi connectivity index (χ0n) is 17.6. The van der Waals surface area contributed by atoms with Crippen molar-refractivity contribution < 1.29 is 14.7 Å². The van der Waals surface area contributed by atoms with E-state index in [1.54, 1.807) is 6.07 Å². The Labute approximate surface area is 192 Å². The van der Waals surface area contributed by atoms with Crippen LogP contribution in [0.5, 0.6) is 0 Å². The Morgan fingerprint density at radius 3 is 2.55 bits per heavy atom. The quantitative estimate of drug-likeness (QED) is 0.589. The van der Waals surface area contributed by atoms with E-state index in [0.717, 1.165) is 11.1 Å². The summed E-state index contributed by atoms with van der Waals surface area (Å²) >= 11 is 7.68. The largest absolute Gasteiger partial charge is 0.382 e. The molecule has 0 spiro atoms. The topological polar surface area (TPSA) is 95.7 Å². The third-order valence-electron chi connectivity index (χ3n) is 5.46. The first kappa shape index (κ1) is 23.6. The van der Waals surface area contributed by atoms with E-state index in [1.807, 2.05) is 62.4 Å². The number of hydrogen-bond acceptors (Lipinski definition) is 5. The predicted molar refractivity (Wildman–Crippen MR) is 125 cm³/mol. The molecule has 8 heteroatoms. The fourth-order valence-electron chi connectivity index (χ4n) is 3.68. The molecule has 0 radical (unpaired) electrons. The monoisotopic (exact) mass is 461 g/mol. The standard InChI is InChI=1S/C23H28ClN3O3S/c1-23(2)20(21(29)26-13-16-10-6-7-11-17(16)24)27(14-31-23)22(30)19(28)18(25)12-15-8-4-3-5-9-15/h3-11,18-20,28H,12-14,25H2,1-2H3,(H,26,29)/t18-,19-,20+/m0/s1. The number of benzene rings is 2. The summed E-state index contributed by atoms with van der Waals surface area (Å²) in [6, 6.07) is 15.2. The molecular formula is C23H28ClN3O3S. The zero-order chi connectivity index (χ0) is 22.6. The molecule has 1 aliphatic rings. The highest BCUT2D eigenvalue weighted by Crippen LogP contribution is 2.39. The summed E-state index contributed by atoms with van der Waals surface area (Å²) in [5.41, 5.74) is 7.87. The summed E-state index contributed by atoms with van der Waals surface area (Å²) in [7, 11) is 0. The molecule has 6 nitrogen and oxygen atoms in total. The van der Waals surface area contributed by atoms with Crippen molar-refractivity contribution in [3.63, 3.8) is 0 Å². The van der Waals surface area contributed by atoms with E-state index >= 15 is 0 Å². The van der Waals surface area contributed by atoms with Crippen molar-refractivity contribution >= 4 is 35.2 Å². The summed E-state index contributed by atoms with van der Waals surface area (Å²) in [6.07, 6.45) is -1.03. The third-order valence-corrected chi connectivity index (χ3v) is 7.20. The Bertz CT molecular complexity index is 925. The molecule has 0 aliphatic carbocycles. The number of nitrogens with one attached hydrogen (secondary N) is 1. The number of thioether (sulfide) groups is 1. The second-order valence-corrected chi connectivity index (χ2v) is 10.2. The van der Waals surface area contributed by atoms with Gasteiger partial charge in [-0.1, -0.05) is 60.1 Å². The van der Waals surface area contributed by atoms with Crippen molar-refractivity contribution in [3.8, 4) is 0 Å². The molecule has 1 fully saturated rings. The number of rotatable bonds is 7. The maximum absolute atomic E-state index is 13.1. The molecule has 3 atom stereocenters. The molecule has 166 valence electrons. The highest BCUT2D eigenvalue weighted by atomic mass is 35.5. The van der Waals surface area contributed by atoms with Gasteiger partial charge in [0.05, 0.1) is 5.88 Å². The summed E-state index contributed by atoms with van der Waals surface area (Å²) in [5, 5.41) is 14.1. The van der Waals surface area contributed by atoms with Crippen LogP contribution in [0.4, 0.5) is 0 Å². The Hall–Kier alpha value is -2.06. The fourth-order valence-corrected chi connectivity index (χ4v) is 5.03. The number of aliphatic hydroxyl groups is 1. The summed E-state index contributed by atoms with van der Waals surface area (Å²) in [4.78, 5) is 27.6. The minimum absolute atomic E-state index is 0.258. The Morgan fingerprint density at radius 1 is 1.23 bits per heavy atom. The molecule has 0 aromatic heterocycles. The lowest BCUT2D eigenvalue weighted by molar-refractivity contribution is -0.147. The molecule has 2 aromatic carbocycles. The molecule has 2 amide bonds. The van der Waals surface area contributed by atoms with Crippen molar-refractivity contribution in [2.45, 2.75) is 49.7 Å². The van der Waals surface area contributed by atoms with Gasteiger partial charge >= 0.3 is 0 Å². The molecule has 2 aromatic rings. The minimum atomic E-state index is -1.39. The Kier molecular flexibility index (Phi) is 7.64. The van der Waals surface area contributed by atoms with Gasteiger partial charge in [-0.05, 0) is 37.5 Å². The van der Waals surface area contributed by atoms with Gasteiger partial charge in [-0.3, -0.25) is 9.59 Å². The van der Waals surface area contributed by atoms with Crippen LogP contribution in [0.15, 0.2) is 54.6 Å². The molecule has 0 bridgehead atoms. The van der Waals surface area contributed by atoms with Crippen molar-refractivity contribution in [2.75, 3.05) is 5.88 Å². The number of halogens is 1. The molecule has 0 saturated carbocycles. The molecule has 1 saturated heterocycles. The first-order chi connectivity index (χ1) is 14.7. The number of carbonyl (C=O) groups excluding carboxylic acids is 2. The fraction of sp³-hybridized carbons (Fsp3) is 0.391. The van der Waals surface area contributed by atoms with Crippen LogP contribution in [0.2, 0.25) is 5.02 Å². The first-order valence-corrected chi connectivity index (χ1v) is 11.5. The van der Waals surface area contributed by atoms with Crippen LogP contribution in [-0.4, -0.2) is 50.6 Å². The van der Waals surface area contributed by atoms with Gasteiger partial charge in [-0.25, -0.2) is 0 Å². The van der Waals surface area contributed by atoms with Crippen molar-refractivity contribution in [1.82, 2.24) is 10.2 Å². The van der Waals surface area contributed by atoms with Crippen molar-refractivity contribution in [1.29, 1.82) is 0 Å². The van der Waals surface area contributed by atoms with Crippen LogP contribution < -0.4 is 11.1 Å². The Balaban J connectivity index is 1.69. The molecule has 31 heavy (non-hydrogen) atoms. The van der Waals surface area contributed by atoms with Gasteiger partial charge in [-0.15, -0.1) is 11.8 Å². The number of amides is 2. The lowest BCUT2D eigenvalue weighted by atomic mass is 9.97. The van der Waals surface area contributed by atoms with Crippen molar-refractivity contribution in [3.05, 3.63) is 70.7 Å². The number of hydrogen-bond donors (Lipinski definition) is 3. The van der Waals surface area contributed by atoms with Crippen LogP contribution in [-0.2, 0) is 22.6 Å². The van der Waals surface area contributed by atoms with E-state index < -0.39 is 28.8 Å². The average Bonchev–Trinajstić information content (AvgIpc) is 3.07. The van der Waals surface area contributed by atoms with E-state index in [2.05, 4.69) is 5.32 Å². The van der Waals surface area contributed by atoms with E-state index in [9.17, 15) is 14.7 Å². The van der Waals surface area contributed by atoms with Crippen molar-refractivity contribution in [2.24, 2.45) is 5.73 Å². The van der Waals surface area contributed by atoms with Gasteiger partial charge in [0.15, 0.2) is 0 Å². The molecule has 0 unspecified atom stereocenters. The normalized spacial score (nSPS) is 19.6. The van der Waals surface area contributed by atoms with Crippen LogP contribution in [0.25, 0.3) is 0 Å². The second-order valence-electron chi connectivity index (χ2n) is 8.20. The van der Waals surface area contributed by atoms with Crippen LogP contribution in [0, 0.1) is 0 Å². The van der Waals surface area contributed by atoms with E-state index in [0.29, 0.717) is 17.3 Å². The van der Waals surface area contributed by atoms with Gasteiger partial charge in [0.2, 0.25) is 5.91 Å². The van der Waals surface area contributed by atoms with Crippen LogP contribution in [0.3, 0.4) is 0 Å². The maximum Gasteiger partial charge on any atom is 0.254 e. The summed E-state index contributed by atoms with van der Waals surface area (Å²) < 4.78 is -0.510. The number of carbonyl (C=O) groups is 2. The first-order valence-electron chi connectivity index (χ1n) is 10.1. The summed E-state index contributed by atoms with van der Waals surface area (Å²) in [5.74, 6) is -0.503. The summed E-state index contributed by atoms with van der Waals surface area (Å²) in [6.45, 7) is 4.09. The molecule has 1 heterocycles. The highest BCUT2D eigenvalue weighted by Gasteiger charge is 2.49. The van der Waals surface area contributed by atoms with Crippen LogP contribution in [0.1, 0.15) is 25.0 Å². The molecular weight excluding hydrogens is 434 g/mol. The van der Waals surface area contributed by atoms with Gasteiger partial charge < -0.3 is 21.1 Å². The predicted octanol–water partition coefficient (Wildman–Crippen LogP) is 2.57. The third kappa shape index (κ3) is 5.60. The van der Waals surface area contributed by atoms with Gasteiger partial charge in [-0.2, -0.15) is 0 Å². The zero-order valence-corrected chi connectivity index (χ0v) is 19.2. The molecule has 4 N–H and O–H groups in total. The number of nitrogens with two attached hydrogens (primary N) is 1. The minimum Gasteiger partial charge on any atom is -0.382 e. The maximum atomic E-state index is 13.1. The highest BCUT2D eigenvalue weighted by molar-refractivity contribution is 8.00. The van der Waals surface area contributed by atoms with E-state index in [1.165, 1.54) is 16.7 Å². The van der Waals surface area contributed by atoms with Gasteiger partial charge in [0, 0.05) is 22.4 Å². The van der Waals surface area contributed by atoms with Gasteiger partial charge in [0.25, 0.3) is 5.91 Å². The van der Waals surface area contributed by atoms with Crippen LogP contribution >= 0.6 is 23.4 Å². The lowest BCUT2D eigenvalue weighted by Gasteiger charge is -2.32. The Morgan fingerprint density at radius 2 is 1.87 bits per heavy atom. The average molecular weight is 462 g/mol. The smallest absolute Gasteiger partial charge is 0.254 e. The molecule has 3 rings (SSSR count). The lowest BCUT2D eigenvalue weighted by Crippen LogP contribution is -2.57.